The molecule has 0 saturated carbocycles. The van der Waals surface area contributed by atoms with Crippen LogP contribution in [0.2, 0.25) is 0 Å². The van der Waals surface area contributed by atoms with Gasteiger partial charge < -0.3 is 9.84 Å². The van der Waals surface area contributed by atoms with Gasteiger partial charge in [-0.1, -0.05) is 18.2 Å². The first-order chi connectivity index (χ1) is 8.65. The van der Waals surface area contributed by atoms with Crippen LogP contribution in [0.4, 0.5) is 0 Å². The van der Waals surface area contributed by atoms with Crippen LogP contribution in [0.5, 0.6) is 5.75 Å². The Morgan fingerprint density at radius 3 is 2.67 bits per heavy atom. The van der Waals surface area contributed by atoms with E-state index in [0.29, 0.717) is 5.75 Å². The minimum Gasteiger partial charge on any atom is -0.495 e. The van der Waals surface area contributed by atoms with Gasteiger partial charge in [-0.2, -0.15) is 0 Å². The Labute approximate surface area is 107 Å². The van der Waals surface area contributed by atoms with E-state index in [1.54, 1.807) is 25.6 Å². The fourth-order valence-corrected chi connectivity index (χ4v) is 2.02. The van der Waals surface area contributed by atoms with Gasteiger partial charge in [-0.15, -0.1) is 0 Å². The maximum atomic E-state index is 10.5. The number of aromatic nitrogens is 1. The number of ether oxygens (including phenoxy) is 1. The average molecular weight is 243 g/mol. The summed E-state index contributed by atoms with van der Waals surface area (Å²) in [6.07, 6.45) is 2.58. The third-order valence-electron chi connectivity index (χ3n) is 3.27. The lowest BCUT2D eigenvalue weighted by molar-refractivity contribution is 0.213. The van der Waals surface area contributed by atoms with Crippen LogP contribution in [-0.2, 0) is 0 Å². The predicted octanol–water partition coefficient (Wildman–Crippen LogP) is 2.79. The van der Waals surface area contributed by atoms with Crippen LogP contribution < -0.4 is 4.74 Å². The van der Waals surface area contributed by atoms with Crippen molar-refractivity contribution in [1.82, 2.24) is 4.98 Å². The molecule has 0 bridgehead atoms. The molecular formula is C15H17NO2. The van der Waals surface area contributed by atoms with E-state index in [9.17, 15) is 5.11 Å². The Balaban J connectivity index is 2.48. The second-order valence-electron chi connectivity index (χ2n) is 4.31. The molecule has 94 valence electrons. The van der Waals surface area contributed by atoms with Crippen LogP contribution in [-0.4, -0.2) is 17.2 Å². The van der Waals surface area contributed by atoms with E-state index in [2.05, 4.69) is 4.98 Å². The van der Waals surface area contributed by atoms with Crippen LogP contribution >= 0.6 is 0 Å². The first-order valence-corrected chi connectivity index (χ1v) is 5.87. The standard InChI is InChI=1S/C15H17NO2/c1-10-5-4-6-12(11(10)2)15(17)13-7-8-16-9-14(13)18-3/h4-9,15,17H,1-3H3. The molecule has 18 heavy (non-hydrogen) atoms. The quantitative estimate of drug-likeness (QED) is 0.901. The molecule has 1 heterocycles. The number of benzene rings is 1. The zero-order valence-electron chi connectivity index (χ0n) is 10.8. The van der Waals surface area contributed by atoms with Crippen molar-refractivity contribution < 1.29 is 9.84 Å². The molecule has 0 spiro atoms. The summed E-state index contributed by atoms with van der Waals surface area (Å²) in [6.45, 7) is 4.05. The Bertz CT molecular complexity index is 552. The smallest absolute Gasteiger partial charge is 0.143 e. The van der Waals surface area contributed by atoms with Crippen molar-refractivity contribution in [2.75, 3.05) is 7.11 Å². The molecule has 0 aliphatic rings. The summed E-state index contributed by atoms with van der Waals surface area (Å²) in [6, 6.07) is 7.71. The van der Waals surface area contributed by atoms with E-state index in [0.717, 1.165) is 16.7 Å². The van der Waals surface area contributed by atoms with Crippen LogP contribution in [0.1, 0.15) is 28.4 Å². The van der Waals surface area contributed by atoms with E-state index < -0.39 is 6.10 Å². The van der Waals surface area contributed by atoms with Gasteiger partial charge in [-0.05, 0) is 36.6 Å². The highest BCUT2D eigenvalue weighted by Crippen LogP contribution is 2.31. The molecule has 2 aromatic rings. The predicted molar refractivity (Wildman–Crippen MR) is 70.8 cm³/mol. The highest BCUT2D eigenvalue weighted by Gasteiger charge is 2.17. The zero-order chi connectivity index (χ0) is 13.1. The number of nitrogens with zero attached hydrogens (tertiary/aromatic N) is 1. The van der Waals surface area contributed by atoms with Crippen LogP contribution in [0.15, 0.2) is 36.7 Å². The number of hydrogen-bond donors (Lipinski definition) is 1. The second-order valence-corrected chi connectivity index (χ2v) is 4.31. The SMILES string of the molecule is COc1cnccc1C(O)c1cccc(C)c1C. The number of pyridine rings is 1. The fraction of sp³-hybridized carbons (Fsp3) is 0.267. The molecule has 0 saturated heterocycles. The summed E-state index contributed by atoms with van der Waals surface area (Å²) in [7, 11) is 1.58. The second kappa shape index (κ2) is 5.19. The van der Waals surface area contributed by atoms with E-state index in [4.69, 9.17) is 4.74 Å². The normalized spacial score (nSPS) is 12.2. The lowest BCUT2D eigenvalue weighted by atomic mass is 9.95. The number of rotatable bonds is 3. The number of hydrogen-bond acceptors (Lipinski definition) is 3. The topological polar surface area (TPSA) is 42.4 Å². The van der Waals surface area contributed by atoms with Crippen molar-refractivity contribution in [1.29, 1.82) is 0 Å². The third kappa shape index (κ3) is 2.22. The summed E-state index contributed by atoms with van der Waals surface area (Å²) in [5, 5.41) is 10.5. The van der Waals surface area contributed by atoms with Gasteiger partial charge in [0, 0.05) is 11.8 Å². The number of aliphatic hydroxyl groups is 1. The van der Waals surface area contributed by atoms with Gasteiger partial charge in [0.25, 0.3) is 0 Å². The highest BCUT2D eigenvalue weighted by atomic mass is 16.5. The number of methoxy groups -OCH3 is 1. The lowest BCUT2D eigenvalue weighted by Crippen LogP contribution is -2.05. The molecule has 1 N–H and O–H groups in total. The third-order valence-corrected chi connectivity index (χ3v) is 3.27. The first-order valence-electron chi connectivity index (χ1n) is 5.87. The minimum atomic E-state index is -0.692. The molecule has 0 amide bonds. The molecule has 0 radical (unpaired) electrons. The van der Waals surface area contributed by atoms with Crippen molar-refractivity contribution in [2.24, 2.45) is 0 Å². The molecule has 1 aromatic carbocycles. The summed E-state index contributed by atoms with van der Waals surface area (Å²) in [5.41, 5.74) is 3.91. The molecular weight excluding hydrogens is 226 g/mol. The van der Waals surface area contributed by atoms with Gasteiger partial charge in [-0.25, -0.2) is 0 Å². The Morgan fingerprint density at radius 2 is 1.94 bits per heavy atom. The minimum absolute atomic E-state index is 0.603. The zero-order valence-corrected chi connectivity index (χ0v) is 10.8. The van der Waals surface area contributed by atoms with E-state index in [-0.39, 0.29) is 0 Å². The first kappa shape index (κ1) is 12.6. The Kier molecular flexibility index (Phi) is 3.63. The molecule has 1 atom stereocenters. The fourth-order valence-electron chi connectivity index (χ4n) is 2.02. The van der Waals surface area contributed by atoms with Gasteiger partial charge in [0.1, 0.15) is 11.9 Å². The average Bonchev–Trinajstić information content (AvgIpc) is 2.41. The van der Waals surface area contributed by atoms with Crippen molar-refractivity contribution in [3.63, 3.8) is 0 Å². The van der Waals surface area contributed by atoms with Crippen molar-refractivity contribution in [3.05, 3.63) is 58.9 Å². The molecule has 2 rings (SSSR count). The highest BCUT2D eigenvalue weighted by molar-refractivity contribution is 5.43. The van der Waals surface area contributed by atoms with Gasteiger partial charge in [0.2, 0.25) is 0 Å². The summed E-state index contributed by atoms with van der Waals surface area (Å²) >= 11 is 0. The Hall–Kier alpha value is -1.87. The summed E-state index contributed by atoms with van der Waals surface area (Å²) < 4.78 is 5.24. The Morgan fingerprint density at radius 1 is 1.17 bits per heavy atom. The molecule has 1 aromatic heterocycles. The monoisotopic (exact) mass is 243 g/mol. The molecule has 0 aliphatic heterocycles. The van der Waals surface area contributed by atoms with Crippen molar-refractivity contribution >= 4 is 0 Å². The van der Waals surface area contributed by atoms with E-state index in [1.165, 1.54) is 5.56 Å². The summed E-state index contributed by atoms with van der Waals surface area (Å²) in [5.74, 6) is 0.603. The van der Waals surface area contributed by atoms with Crippen molar-refractivity contribution in [2.45, 2.75) is 20.0 Å². The largest absolute Gasteiger partial charge is 0.495 e. The van der Waals surface area contributed by atoms with Crippen LogP contribution in [0.3, 0.4) is 0 Å². The van der Waals surface area contributed by atoms with Gasteiger partial charge in [0.15, 0.2) is 0 Å². The molecule has 1 unspecified atom stereocenters. The van der Waals surface area contributed by atoms with Gasteiger partial charge in [0.05, 0.1) is 13.3 Å². The van der Waals surface area contributed by atoms with E-state index in [1.807, 2.05) is 32.0 Å². The van der Waals surface area contributed by atoms with Crippen LogP contribution in [0.25, 0.3) is 0 Å². The lowest BCUT2D eigenvalue weighted by Gasteiger charge is -2.17. The summed E-state index contributed by atoms with van der Waals surface area (Å²) in [4.78, 5) is 4.00. The van der Waals surface area contributed by atoms with Gasteiger partial charge >= 0.3 is 0 Å². The van der Waals surface area contributed by atoms with Crippen molar-refractivity contribution in [3.8, 4) is 5.75 Å². The molecule has 0 aliphatic carbocycles. The van der Waals surface area contributed by atoms with Gasteiger partial charge in [-0.3, -0.25) is 4.98 Å². The van der Waals surface area contributed by atoms with Crippen LogP contribution in [0, 0.1) is 13.8 Å². The number of aliphatic hydroxyl groups excluding tert-OH is 1. The maximum Gasteiger partial charge on any atom is 0.143 e. The molecule has 0 fully saturated rings. The molecule has 3 nitrogen and oxygen atoms in total. The number of aryl methyl sites for hydroxylation is 1. The van der Waals surface area contributed by atoms with E-state index >= 15 is 0 Å². The molecule has 3 heteroatoms. The maximum absolute atomic E-state index is 10.5.